The summed E-state index contributed by atoms with van der Waals surface area (Å²) < 4.78 is 7.59. The molecule has 26 aromatic rings. The number of hydrogen-bond donors (Lipinski definition) is 0. The summed E-state index contributed by atoms with van der Waals surface area (Å²) in [7, 11) is 0. The van der Waals surface area contributed by atoms with Crippen LogP contribution in [-0.2, 0) is 37.9 Å². The third kappa shape index (κ3) is 11.1. The zero-order chi connectivity index (χ0) is 100.0. The minimum atomic E-state index is -0.509. The van der Waals surface area contributed by atoms with Gasteiger partial charge in [0.2, 0.25) is 0 Å². The van der Waals surface area contributed by atoms with Gasteiger partial charge < -0.3 is 13.7 Å². The molecule has 3 heteroatoms. The fraction of sp³-hybridized carbons (Fsp3) is 0.102. The molecule has 23 aromatic carbocycles. The van der Waals surface area contributed by atoms with Crippen molar-refractivity contribution >= 4 is 97.7 Å². The first-order chi connectivity index (χ1) is 73.5. The van der Waals surface area contributed by atoms with E-state index in [0.717, 1.165) is 0 Å². The van der Waals surface area contributed by atoms with E-state index in [1.165, 1.54) is 282 Å². The molecule has 3 atom stereocenters. The van der Waals surface area contributed by atoms with Crippen LogP contribution in [0.3, 0.4) is 0 Å². The van der Waals surface area contributed by atoms with Gasteiger partial charge in [0.1, 0.15) is 0 Å². The summed E-state index contributed by atoms with van der Waals surface area (Å²) in [6, 6.07) is 185. The van der Waals surface area contributed by atoms with Gasteiger partial charge in [0.25, 0.3) is 0 Å². The Bertz CT molecular complexity index is 10400. The number of aromatic nitrogens is 3. The van der Waals surface area contributed by atoms with Crippen molar-refractivity contribution in [3.63, 3.8) is 0 Å². The second kappa shape index (κ2) is 31.2. The zero-order valence-corrected chi connectivity index (χ0v) is 85.1. The molecule has 150 heavy (non-hydrogen) atoms. The molecule has 3 spiro atoms. The first kappa shape index (κ1) is 86.5. The van der Waals surface area contributed by atoms with E-state index in [9.17, 15) is 0 Å². The van der Waals surface area contributed by atoms with Crippen LogP contribution in [0.2, 0.25) is 0 Å². The maximum absolute atomic E-state index is 2.53. The molecule has 0 radical (unpaired) electrons. The third-order valence-corrected chi connectivity index (χ3v) is 36.5. The Balaban J connectivity index is 0.000000101. The Morgan fingerprint density at radius 2 is 0.420 bits per heavy atom. The van der Waals surface area contributed by atoms with Crippen molar-refractivity contribution in [2.24, 2.45) is 0 Å². The van der Waals surface area contributed by atoms with E-state index in [2.05, 4.69) is 560 Å². The SMILES string of the molecule is CC1(C)c2ccccc2-c2ccc(-c3cccc4c3C(C)(C)c3ccccc3C43c4ccccc4-n4c5ccccc5c5cccc3c54)cc21.CC1(C)c2ccccc2C2(c3ccccc3-n3c4ccccc4c4cccc2c43)c2cccc(-c3cc4ccccc4c4ccccc34)c21.CC1(C)c2ccccc2C2(c3ccccc3-n3c4ccccc4c4cccc2c43)c2cccc(-c3ccc(-c4cccc5ccccc45)cc3)c21. The predicted octanol–water partition coefficient (Wildman–Crippen LogP) is 36.8. The molecule has 4 aliphatic carbocycles. The second-order valence-corrected chi connectivity index (χ2v) is 44.9. The number of rotatable bonds is 4. The molecule has 3 aliphatic heterocycles. The van der Waals surface area contributed by atoms with E-state index in [0.29, 0.717) is 0 Å². The molecule has 708 valence electrons. The van der Waals surface area contributed by atoms with Crippen LogP contribution in [0.25, 0.3) is 170 Å². The fourth-order valence-corrected chi connectivity index (χ4v) is 30.5. The monoisotopic (exact) mass is 1910 g/mol. The molecule has 0 bridgehead atoms. The molecule has 7 aliphatic rings. The standard InChI is InChI=1S/C50H35N.C49H37N.C48H33N/c1-49(2)40-21-6-7-22-41(40)50(42-23-8-10-27-46(42)51-45-26-9-5-17-38(45)39-20-13-25-44(50)48(39)51)43-24-12-19-37(47(43)49)34-30-28-33(29-31-34)36-18-11-15-32-14-3-4-16-35(32)36;1-47(2)36-19-7-5-15-32(36)33-28-27-30(29-42(33)47)31-17-13-23-40-45(31)48(3,4)37-20-8-9-21-38(37)49(40)39-22-10-12-26-44(39)50-43-25-11-6-16-34(43)35-18-14-24-41(49)46(35)50;1-47(2)38-22-8-9-23-39(38)48(40-24-10-12-28-44(40)49-43-27-11-7-19-34(43)36-21-14-26-42(48)46(36)49)41-25-13-20-35(45(41)47)37-29-30-15-3-4-16-31(30)32-17-5-6-18-33(32)37/h3-31H,1-2H3;5-29H,1-4H3;3-29H,1-2H3. The number of para-hydroxylation sites is 9. The first-order valence-electron chi connectivity index (χ1n) is 53.4. The van der Waals surface area contributed by atoms with Gasteiger partial charge in [-0.15, -0.1) is 0 Å². The highest BCUT2D eigenvalue weighted by molar-refractivity contribution is 6.18. The van der Waals surface area contributed by atoms with Crippen molar-refractivity contribution in [1.29, 1.82) is 0 Å². The highest BCUT2D eigenvalue weighted by Crippen LogP contribution is 2.68. The van der Waals surface area contributed by atoms with Crippen LogP contribution in [0.5, 0.6) is 0 Å². The van der Waals surface area contributed by atoms with E-state index < -0.39 is 16.2 Å². The van der Waals surface area contributed by atoms with Crippen LogP contribution in [0.15, 0.2) is 491 Å². The lowest BCUT2D eigenvalue weighted by Gasteiger charge is -2.50. The average Bonchev–Trinajstić information content (AvgIpc) is 1.32. The van der Waals surface area contributed by atoms with Crippen molar-refractivity contribution < 1.29 is 0 Å². The Hall–Kier alpha value is -17.8. The van der Waals surface area contributed by atoms with Gasteiger partial charge in [-0.2, -0.15) is 0 Å². The normalized spacial score (nSPS) is 17.4. The van der Waals surface area contributed by atoms with Crippen molar-refractivity contribution in [3.05, 3.63) is 603 Å². The molecule has 33 rings (SSSR count). The summed E-state index contributed by atoms with van der Waals surface area (Å²) >= 11 is 0. The number of nitrogens with zero attached hydrogens (tertiary/aromatic N) is 3. The molecule has 3 nitrogen and oxygen atoms in total. The molecule has 6 heterocycles. The van der Waals surface area contributed by atoms with E-state index in [1.54, 1.807) is 0 Å². The van der Waals surface area contributed by atoms with Gasteiger partial charge in [0.15, 0.2) is 0 Å². The minimum absolute atomic E-state index is 0.0640. The van der Waals surface area contributed by atoms with Gasteiger partial charge in [0, 0.05) is 54.0 Å². The highest BCUT2D eigenvalue weighted by atomic mass is 15.0. The molecule has 0 saturated carbocycles. The highest BCUT2D eigenvalue weighted by Gasteiger charge is 2.58. The molecule has 3 unspecified atom stereocenters. The number of hydrogen-bond acceptors (Lipinski definition) is 0. The van der Waals surface area contributed by atoms with Crippen molar-refractivity contribution in [2.75, 3.05) is 0 Å². The molecule has 0 amide bonds. The van der Waals surface area contributed by atoms with Gasteiger partial charge in [-0.1, -0.05) is 498 Å². The van der Waals surface area contributed by atoms with Crippen LogP contribution in [0.1, 0.15) is 167 Å². The summed E-state index contributed by atoms with van der Waals surface area (Å²) in [6.45, 7) is 19.4. The van der Waals surface area contributed by atoms with E-state index in [-0.39, 0.29) is 21.7 Å². The molecule has 0 fully saturated rings. The Morgan fingerprint density at radius 3 is 0.880 bits per heavy atom. The molecule has 0 saturated heterocycles. The molecular formula is C147H105N3. The number of benzene rings is 23. The van der Waals surface area contributed by atoms with Gasteiger partial charge in [0.05, 0.1) is 66.4 Å². The van der Waals surface area contributed by atoms with Crippen LogP contribution >= 0.6 is 0 Å². The third-order valence-electron chi connectivity index (χ3n) is 36.5. The largest absolute Gasteiger partial charge is 0.309 e. The van der Waals surface area contributed by atoms with Crippen LogP contribution in [-0.4, -0.2) is 13.7 Å². The van der Waals surface area contributed by atoms with Gasteiger partial charge in [-0.3, -0.25) is 0 Å². The van der Waals surface area contributed by atoms with Crippen molar-refractivity contribution in [2.45, 2.75) is 93.3 Å². The lowest BCUT2D eigenvalue weighted by atomic mass is 9.52. The van der Waals surface area contributed by atoms with E-state index in [4.69, 9.17) is 0 Å². The smallest absolute Gasteiger partial charge is 0.0748 e. The Morgan fingerprint density at radius 1 is 0.140 bits per heavy atom. The predicted molar refractivity (Wildman–Crippen MR) is 626 cm³/mol. The van der Waals surface area contributed by atoms with Crippen molar-refractivity contribution in [3.8, 4) is 72.7 Å². The minimum Gasteiger partial charge on any atom is -0.309 e. The van der Waals surface area contributed by atoms with Crippen LogP contribution in [0.4, 0.5) is 0 Å². The second-order valence-electron chi connectivity index (χ2n) is 44.9. The summed E-state index contributed by atoms with van der Waals surface area (Å²) in [5.74, 6) is 0. The first-order valence-corrected chi connectivity index (χ1v) is 53.4. The Kier molecular flexibility index (Phi) is 18.0. The molecule has 3 aromatic heterocycles. The summed E-state index contributed by atoms with van der Waals surface area (Å²) in [4.78, 5) is 0. The maximum atomic E-state index is 2.53. The topological polar surface area (TPSA) is 14.8 Å². The lowest BCUT2D eigenvalue weighted by molar-refractivity contribution is 0.557. The summed E-state index contributed by atoms with van der Waals surface area (Å²) in [5.41, 5.74) is 49.8. The maximum Gasteiger partial charge on any atom is 0.0748 e. The van der Waals surface area contributed by atoms with Crippen LogP contribution < -0.4 is 0 Å². The van der Waals surface area contributed by atoms with Gasteiger partial charge in [-0.05, 0) is 248 Å². The van der Waals surface area contributed by atoms with Crippen molar-refractivity contribution in [1.82, 2.24) is 13.7 Å². The number of fused-ring (bicyclic) bond motifs is 40. The summed E-state index contributed by atoms with van der Waals surface area (Å²) in [6.07, 6.45) is 0. The summed E-state index contributed by atoms with van der Waals surface area (Å²) in [5, 5.41) is 15.5. The van der Waals surface area contributed by atoms with E-state index >= 15 is 0 Å². The zero-order valence-electron chi connectivity index (χ0n) is 85.1. The molecule has 0 N–H and O–H groups in total. The molecular weight excluding hydrogens is 1810 g/mol. The van der Waals surface area contributed by atoms with Gasteiger partial charge in [-0.25, -0.2) is 0 Å². The average molecular weight is 1910 g/mol. The van der Waals surface area contributed by atoms with Gasteiger partial charge >= 0.3 is 0 Å². The van der Waals surface area contributed by atoms with Crippen LogP contribution in [0, 0.1) is 0 Å². The van der Waals surface area contributed by atoms with E-state index in [1.807, 2.05) is 0 Å². The quantitative estimate of drug-likeness (QED) is 0.156. The fourth-order valence-electron chi connectivity index (χ4n) is 30.5. The Labute approximate surface area is 873 Å². The lowest BCUT2D eigenvalue weighted by Crippen LogP contribution is -2.44.